The van der Waals surface area contributed by atoms with Gasteiger partial charge in [-0.25, -0.2) is 13.9 Å². The lowest BCUT2D eigenvalue weighted by atomic mass is 10.2. The van der Waals surface area contributed by atoms with E-state index in [1.165, 1.54) is 26.4 Å². The van der Waals surface area contributed by atoms with Gasteiger partial charge in [0.15, 0.2) is 9.84 Å². The number of benzene rings is 1. The highest BCUT2D eigenvalue weighted by atomic mass is 32.2. The molecule has 2 N–H and O–H groups in total. The van der Waals surface area contributed by atoms with Crippen LogP contribution in [0.25, 0.3) is 0 Å². The Morgan fingerprint density at radius 1 is 1.24 bits per heavy atom. The van der Waals surface area contributed by atoms with Crippen LogP contribution in [-0.2, 0) is 16.4 Å². The molecule has 0 aromatic heterocycles. The van der Waals surface area contributed by atoms with Crippen molar-refractivity contribution in [2.24, 2.45) is 0 Å². The fourth-order valence-corrected chi connectivity index (χ4v) is 2.27. The van der Waals surface area contributed by atoms with Crippen molar-refractivity contribution in [2.75, 3.05) is 20.5 Å². The summed E-state index contributed by atoms with van der Waals surface area (Å²) in [7, 11) is -0.591. The smallest absolute Gasteiger partial charge is 0.179 e. The Hall–Kier alpha value is -1.31. The Kier molecular flexibility index (Phi) is 4.33. The van der Waals surface area contributed by atoms with E-state index in [1.54, 1.807) is 0 Å². The van der Waals surface area contributed by atoms with E-state index in [0.29, 0.717) is 11.3 Å². The monoisotopic (exact) mass is 261 g/mol. The lowest BCUT2D eigenvalue weighted by Gasteiger charge is -2.13. The molecule has 0 heterocycles. The van der Waals surface area contributed by atoms with Gasteiger partial charge in [-0.2, -0.15) is 0 Å². The van der Waals surface area contributed by atoms with Gasteiger partial charge >= 0.3 is 0 Å². The number of ether oxygens (including phenoxy) is 2. The normalized spacial score (nSPS) is 11.3. The molecule has 7 heteroatoms. The minimum absolute atomic E-state index is 0.0542. The lowest BCUT2D eigenvalue weighted by Crippen LogP contribution is -2.09. The number of sulfone groups is 1. The van der Waals surface area contributed by atoms with Gasteiger partial charge in [0.1, 0.15) is 16.4 Å². The molecule has 0 bridgehead atoms. The minimum Gasteiger partial charge on any atom is -0.496 e. The summed E-state index contributed by atoms with van der Waals surface area (Å²) in [4.78, 5) is 0.0542. The molecule has 6 nitrogen and oxygen atoms in total. The molecule has 0 unspecified atom stereocenters. The maximum atomic E-state index is 11.5. The van der Waals surface area contributed by atoms with E-state index in [9.17, 15) is 8.42 Å². The third kappa shape index (κ3) is 3.09. The summed E-state index contributed by atoms with van der Waals surface area (Å²) in [6, 6.07) is 2.89. The summed E-state index contributed by atoms with van der Waals surface area (Å²) in [5.74, 6) is 0.589. The first-order valence-corrected chi connectivity index (χ1v) is 6.65. The van der Waals surface area contributed by atoms with E-state index in [1.807, 2.05) is 5.48 Å². The summed E-state index contributed by atoms with van der Waals surface area (Å²) in [5.41, 5.74) is 2.58. The SMILES string of the molecule is COc1cc(S(C)(=O)=O)c(OC)cc1CNO. The average Bonchev–Trinajstić information content (AvgIpc) is 2.27. The highest BCUT2D eigenvalue weighted by Crippen LogP contribution is 2.31. The fourth-order valence-electron chi connectivity index (χ4n) is 1.45. The molecule has 1 aromatic carbocycles. The van der Waals surface area contributed by atoms with Crippen molar-refractivity contribution in [2.45, 2.75) is 11.4 Å². The molecule has 1 rings (SSSR count). The van der Waals surface area contributed by atoms with Crippen LogP contribution in [0.4, 0.5) is 0 Å². The molecule has 0 atom stereocenters. The molecule has 0 aliphatic carbocycles. The van der Waals surface area contributed by atoms with Crippen molar-refractivity contribution in [1.29, 1.82) is 0 Å². The molecule has 1 aromatic rings. The zero-order valence-corrected chi connectivity index (χ0v) is 10.7. The van der Waals surface area contributed by atoms with Crippen molar-refractivity contribution in [1.82, 2.24) is 5.48 Å². The van der Waals surface area contributed by atoms with Gasteiger partial charge in [0.2, 0.25) is 0 Å². The second-order valence-corrected chi connectivity index (χ2v) is 5.41. The Morgan fingerprint density at radius 2 is 1.82 bits per heavy atom. The first-order valence-electron chi connectivity index (χ1n) is 4.76. The van der Waals surface area contributed by atoms with Gasteiger partial charge < -0.3 is 14.7 Å². The fraction of sp³-hybridized carbons (Fsp3) is 0.400. The molecule has 96 valence electrons. The summed E-state index contributed by atoms with van der Waals surface area (Å²) in [5, 5.41) is 8.67. The van der Waals surface area contributed by atoms with E-state index in [2.05, 4.69) is 0 Å². The molecule has 0 fully saturated rings. The number of rotatable bonds is 5. The van der Waals surface area contributed by atoms with Gasteiger partial charge in [0.25, 0.3) is 0 Å². The number of nitrogens with one attached hydrogen (secondary N) is 1. The van der Waals surface area contributed by atoms with Crippen molar-refractivity contribution in [3.05, 3.63) is 17.7 Å². The summed E-state index contributed by atoms with van der Waals surface area (Å²) in [6.07, 6.45) is 1.09. The van der Waals surface area contributed by atoms with Gasteiger partial charge in [-0.05, 0) is 6.07 Å². The number of hydrogen-bond donors (Lipinski definition) is 2. The van der Waals surface area contributed by atoms with Crippen LogP contribution in [0.5, 0.6) is 11.5 Å². The van der Waals surface area contributed by atoms with Gasteiger partial charge in [0, 0.05) is 24.4 Å². The van der Waals surface area contributed by atoms with Crippen LogP contribution >= 0.6 is 0 Å². The Bertz CT molecular complexity index is 498. The molecule has 0 spiro atoms. The first kappa shape index (κ1) is 13.8. The van der Waals surface area contributed by atoms with Gasteiger partial charge in [-0.3, -0.25) is 0 Å². The summed E-state index contributed by atoms with van der Waals surface area (Å²) in [6.45, 7) is 0.129. The van der Waals surface area contributed by atoms with Crippen LogP contribution < -0.4 is 15.0 Å². The zero-order valence-electron chi connectivity index (χ0n) is 9.85. The van der Waals surface area contributed by atoms with E-state index in [0.717, 1.165) is 6.26 Å². The minimum atomic E-state index is -3.40. The van der Waals surface area contributed by atoms with Crippen LogP contribution in [0.1, 0.15) is 5.56 Å². The average molecular weight is 261 g/mol. The summed E-state index contributed by atoms with van der Waals surface area (Å²) < 4.78 is 33.2. The number of hydroxylamine groups is 1. The third-order valence-electron chi connectivity index (χ3n) is 2.24. The molecule has 0 aliphatic heterocycles. The Balaban J connectivity index is 3.43. The Labute approximate surface area is 100 Å². The second kappa shape index (κ2) is 5.35. The van der Waals surface area contributed by atoms with Crippen LogP contribution in [0, 0.1) is 0 Å². The van der Waals surface area contributed by atoms with E-state index < -0.39 is 9.84 Å². The predicted molar refractivity (Wildman–Crippen MR) is 61.3 cm³/mol. The van der Waals surface area contributed by atoms with Crippen LogP contribution in [0.2, 0.25) is 0 Å². The molecule has 0 saturated heterocycles. The number of hydrogen-bond acceptors (Lipinski definition) is 6. The van der Waals surface area contributed by atoms with Crippen LogP contribution in [0.15, 0.2) is 17.0 Å². The van der Waals surface area contributed by atoms with Gasteiger partial charge in [0.05, 0.1) is 14.2 Å². The zero-order chi connectivity index (χ0) is 13.1. The molecular weight excluding hydrogens is 246 g/mol. The molecule has 0 amide bonds. The number of methoxy groups -OCH3 is 2. The quantitative estimate of drug-likeness (QED) is 0.754. The van der Waals surface area contributed by atoms with Crippen molar-refractivity contribution < 1.29 is 23.1 Å². The molecule has 0 aliphatic rings. The van der Waals surface area contributed by atoms with Crippen molar-refractivity contribution >= 4 is 9.84 Å². The van der Waals surface area contributed by atoms with Gasteiger partial charge in [-0.15, -0.1) is 0 Å². The first-order chi connectivity index (χ1) is 7.93. The van der Waals surface area contributed by atoms with Gasteiger partial charge in [-0.1, -0.05) is 0 Å². The highest BCUT2D eigenvalue weighted by molar-refractivity contribution is 7.90. The largest absolute Gasteiger partial charge is 0.496 e. The standard InChI is InChI=1S/C10H15NO5S/c1-15-8-5-10(17(3,13)14)9(16-2)4-7(8)6-11-12/h4-5,11-12H,6H2,1-3H3. The topological polar surface area (TPSA) is 84.9 Å². The second-order valence-electron chi connectivity index (χ2n) is 3.42. The van der Waals surface area contributed by atoms with E-state index >= 15 is 0 Å². The maximum absolute atomic E-state index is 11.5. The van der Waals surface area contributed by atoms with Crippen molar-refractivity contribution in [3.63, 3.8) is 0 Å². The highest BCUT2D eigenvalue weighted by Gasteiger charge is 2.18. The third-order valence-corrected chi connectivity index (χ3v) is 3.35. The molecule has 17 heavy (non-hydrogen) atoms. The summed E-state index contributed by atoms with van der Waals surface area (Å²) >= 11 is 0. The van der Waals surface area contributed by atoms with E-state index in [4.69, 9.17) is 14.7 Å². The molecule has 0 radical (unpaired) electrons. The predicted octanol–water partition coefficient (Wildman–Crippen LogP) is 0.586. The molecule has 0 saturated carbocycles. The maximum Gasteiger partial charge on any atom is 0.179 e. The van der Waals surface area contributed by atoms with Crippen LogP contribution in [0.3, 0.4) is 0 Å². The Morgan fingerprint density at radius 3 is 2.24 bits per heavy atom. The van der Waals surface area contributed by atoms with E-state index in [-0.39, 0.29) is 17.2 Å². The molecular formula is C10H15NO5S. The van der Waals surface area contributed by atoms with Crippen molar-refractivity contribution in [3.8, 4) is 11.5 Å². The van der Waals surface area contributed by atoms with Crippen LogP contribution in [-0.4, -0.2) is 34.1 Å². The lowest BCUT2D eigenvalue weighted by molar-refractivity contribution is 0.160.